The van der Waals surface area contributed by atoms with Crippen LogP contribution in [0.15, 0.2) is 30.3 Å². The van der Waals surface area contributed by atoms with Crippen molar-refractivity contribution in [2.75, 3.05) is 6.61 Å². The molecule has 1 aromatic carbocycles. The lowest BCUT2D eigenvalue weighted by Gasteiger charge is -2.52. The van der Waals surface area contributed by atoms with Gasteiger partial charge in [-0.25, -0.2) is 9.59 Å². The van der Waals surface area contributed by atoms with Crippen LogP contribution in [-0.4, -0.2) is 46.4 Å². The van der Waals surface area contributed by atoms with Crippen molar-refractivity contribution in [3.05, 3.63) is 35.9 Å². The third kappa shape index (κ3) is 6.54. The van der Waals surface area contributed by atoms with Gasteiger partial charge in [-0.15, -0.1) is 0 Å². The number of rotatable bonds is 6. The first-order valence-corrected chi connectivity index (χ1v) is 10.2. The van der Waals surface area contributed by atoms with Crippen LogP contribution in [0.5, 0.6) is 0 Å². The van der Waals surface area contributed by atoms with Crippen LogP contribution >= 0.6 is 0 Å². The molecule has 162 valence electrons. The van der Waals surface area contributed by atoms with Gasteiger partial charge in [0.25, 0.3) is 0 Å². The highest BCUT2D eigenvalue weighted by Crippen LogP contribution is 2.39. The number of hydrogen-bond donors (Lipinski definition) is 0. The second-order valence-corrected chi connectivity index (χ2v) is 9.86. The van der Waals surface area contributed by atoms with Crippen LogP contribution in [0.25, 0.3) is 0 Å². The molecule has 0 radical (unpaired) electrons. The molecule has 1 atom stereocenters. The zero-order chi connectivity index (χ0) is 21.9. The van der Waals surface area contributed by atoms with E-state index in [2.05, 4.69) is 27.7 Å². The molecule has 0 N–H and O–H groups in total. The van der Waals surface area contributed by atoms with Crippen LogP contribution < -0.4 is 0 Å². The maximum atomic E-state index is 12.8. The third-order valence-electron chi connectivity index (χ3n) is 4.95. The van der Waals surface area contributed by atoms with E-state index in [4.69, 9.17) is 14.3 Å². The molecule has 0 spiro atoms. The molecule has 1 aliphatic heterocycles. The normalized spacial score (nSPS) is 20.0. The molecule has 1 aromatic rings. The topological polar surface area (TPSA) is 65.1 Å². The Bertz CT molecular complexity index is 690. The van der Waals surface area contributed by atoms with E-state index in [1.807, 2.05) is 11.1 Å². The Balaban J connectivity index is 2.18. The highest BCUT2D eigenvalue weighted by molar-refractivity contribution is 5.89. The standard InChI is InChI=1S/C23H35NO5/c1-21(2,3)28-20(26)18(16-27-19(25)17-12-9-8-10-13-17)29-24-22(4,5)14-11-15-23(24,6)7/h8-10,12-13,18H,11,14-16H2,1-7H3. The molecular formula is C23H35NO5. The Morgan fingerprint density at radius 2 is 1.59 bits per heavy atom. The van der Waals surface area contributed by atoms with E-state index in [9.17, 15) is 9.59 Å². The Morgan fingerprint density at radius 1 is 1.03 bits per heavy atom. The zero-order valence-corrected chi connectivity index (χ0v) is 18.8. The molecule has 0 aliphatic carbocycles. The van der Waals surface area contributed by atoms with Gasteiger partial charge in [0, 0.05) is 11.1 Å². The van der Waals surface area contributed by atoms with Crippen LogP contribution in [0.1, 0.15) is 78.1 Å². The Labute approximate surface area is 174 Å². The summed E-state index contributed by atoms with van der Waals surface area (Å²) in [5.74, 6) is -1.05. The smallest absolute Gasteiger partial charge is 0.341 e. The first-order valence-electron chi connectivity index (χ1n) is 10.2. The van der Waals surface area contributed by atoms with Crippen molar-refractivity contribution in [3.8, 4) is 0 Å². The van der Waals surface area contributed by atoms with Gasteiger partial charge in [-0.2, -0.15) is 5.06 Å². The molecule has 0 amide bonds. The Kier molecular flexibility index (Phi) is 7.12. The fourth-order valence-corrected chi connectivity index (χ4v) is 3.71. The average molecular weight is 406 g/mol. The second kappa shape index (κ2) is 8.84. The lowest BCUT2D eigenvalue weighted by atomic mass is 9.82. The minimum Gasteiger partial charge on any atom is -0.459 e. The summed E-state index contributed by atoms with van der Waals surface area (Å²) >= 11 is 0. The van der Waals surface area contributed by atoms with Crippen molar-refractivity contribution in [2.45, 2.75) is 90.5 Å². The quantitative estimate of drug-likeness (QED) is 0.648. The number of esters is 2. The number of carbonyl (C=O) groups is 2. The van der Waals surface area contributed by atoms with Gasteiger partial charge in [0.1, 0.15) is 12.2 Å². The number of benzene rings is 1. The van der Waals surface area contributed by atoms with Gasteiger partial charge in [0.05, 0.1) is 5.56 Å². The summed E-state index contributed by atoms with van der Waals surface area (Å²) < 4.78 is 10.9. The van der Waals surface area contributed by atoms with E-state index in [-0.39, 0.29) is 17.7 Å². The van der Waals surface area contributed by atoms with Gasteiger partial charge >= 0.3 is 11.9 Å². The zero-order valence-electron chi connectivity index (χ0n) is 18.8. The minimum atomic E-state index is -1.04. The SMILES string of the molecule is CC(C)(C)OC(=O)C(COC(=O)c1ccccc1)ON1C(C)(C)CCCC1(C)C. The third-order valence-corrected chi connectivity index (χ3v) is 4.95. The van der Waals surface area contributed by atoms with Crippen molar-refractivity contribution >= 4 is 11.9 Å². The van der Waals surface area contributed by atoms with Crippen LogP contribution in [0.2, 0.25) is 0 Å². The number of hydrogen-bond acceptors (Lipinski definition) is 6. The predicted octanol–water partition coefficient (Wildman–Crippen LogP) is 4.53. The summed E-state index contributed by atoms with van der Waals surface area (Å²) in [6.07, 6.45) is 1.93. The summed E-state index contributed by atoms with van der Waals surface area (Å²) in [6, 6.07) is 8.68. The van der Waals surface area contributed by atoms with Crippen LogP contribution in [0.4, 0.5) is 0 Å². The van der Waals surface area contributed by atoms with Crippen molar-refractivity contribution < 1.29 is 23.9 Å². The van der Waals surface area contributed by atoms with Crippen molar-refractivity contribution in [1.82, 2.24) is 5.06 Å². The highest BCUT2D eigenvalue weighted by Gasteiger charge is 2.45. The van der Waals surface area contributed by atoms with Gasteiger partial charge in [-0.1, -0.05) is 18.2 Å². The first kappa shape index (κ1) is 23.4. The number of piperidine rings is 1. The van der Waals surface area contributed by atoms with E-state index in [0.717, 1.165) is 19.3 Å². The summed E-state index contributed by atoms with van der Waals surface area (Å²) in [5.41, 5.74) is -0.763. The fourth-order valence-electron chi connectivity index (χ4n) is 3.71. The van der Waals surface area contributed by atoms with Gasteiger partial charge in [-0.05, 0) is 79.9 Å². The van der Waals surface area contributed by atoms with Gasteiger partial charge in [0.15, 0.2) is 0 Å². The van der Waals surface area contributed by atoms with E-state index in [1.54, 1.807) is 45.0 Å². The summed E-state index contributed by atoms with van der Waals surface area (Å²) in [4.78, 5) is 31.4. The number of ether oxygens (including phenoxy) is 2. The molecular weight excluding hydrogens is 370 g/mol. The molecule has 2 rings (SSSR count). The predicted molar refractivity (Wildman–Crippen MR) is 111 cm³/mol. The first-order chi connectivity index (χ1) is 13.3. The van der Waals surface area contributed by atoms with Crippen LogP contribution in [-0.2, 0) is 19.1 Å². The van der Waals surface area contributed by atoms with Crippen molar-refractivity contribution in [3.63, 3.8) is 0 Å². The molecule has 6 nitrogen and oxygen atoms in total. The lowest BCUT2D eigenvalue weighted by molar-refractivity contribution is -0.307. The van der Waals surface area contributed by atoms with Crippen molar-refractivity contribution in [2.24, 2.45) is 0 Å². The average Bonchev–Trinajstić information content (AvgIpc) is 2.59. The molecule has 1 aliphatic rings. The minimum absolute atomic E-state index is 0.217. The Hall–Kier alpha value is -1.92. The van der Waals surface area contributed by atoms with Gasteiger partial charge < -0.3 is 9.47 Å². The molecule has 29 heavy (non-hydrogen) atoms. The fraction of sp³-hybridized carbons (Fsp3) is 0.652. The van der Waals surface area contributed by atoms with Gasteiger partial charge in [-0.3, -0.25) is 4.84 Å². The molecule has 6 heteroatoms. The molecule has 0 aromatic heterocycles. The maximum Gasteiger partial charge on any atom is 0.341 e. The van der Waals surface area contributed by atoms with E-state index in [0.29, 0.717) is 5.56 Å². The largest absolute Gasteiger partial charge is 0.459 e. The van der Waals surface area contributed by atoms with Crippen LogP contribution in [0.3, 0.4) is 0 Å². The van der Waals surface area contributed by atoms with Gasteiger partial charge in [0.2, 0.25) is 6.10 Å². The Morgan fingerprint density at radius 3 is 2.10 bits per heavy atom. The molecule has 1 unspecified atom stereocenters. The second-order valence-electron chi connectivity index (χ2n) is 9.86. The highest BCUT2D eigenvalue weighted by atomic mass is 16.7. The van der Waals surface area contributed by atoms with E-state index < -0.39 is 23.6 Å². The number of nitrogens with zero attached hydrogens (tertiary/aromatic N) is 1. The van der Waals surface area contributed by atoms with E-state index in [1.165, 1.54) is 0 Å². The molecule has 1 fully saturated rings. The number of hydroxylamine groups is 2. The summed E-state index contributed by atoms with van der Waals surface area (Å²) in [7, 11) is 0. The molecule has 0 saturated carbocycles. The summed E-state index contributed by atoms with van der Waals surface area (Å²) in [5, 5.41) is 1.88. The van der Waals surface area contributed by atoms with Crippen LogP contribution in [0, 0.1) is 0 Å². The lowest BCUT2D eigenvalue weighted by Crippen LogP contribution is -2.60. The van der Waals surface area contributed by atoms with E-state index >= 15 is 0 Å². The molecule has 0 bridgehead atoms. The summed E-state index contributed by atoms with van der Waals surface area (Å²) in [6.45, 7) is 13.6. The maximum absolute atomic E-state index is 12.8. The molecule has 1 heterocycles. The number of carbonyl (C=O) groups excluding carboxylic acids is 2. The molecule has 1 saturated heterocycles. The van der Waals surface area contributed by atoms with Crippen molar-refractivity contribution in [1.29, 1.82) is 0 Å². The monoisotopic (exact) mass is 405 g/mol.